The van der Waals surface area contributed by atoms with Gasteiger partial charge in [-0.05, 0) is 25.8 Å². The molecule has 1 aromatic carbocycles. The number of amides is 1. The van der Waals surface area contributed by atoms with E-state index in [1.807, 2.05) is 25.1 Å². The first-order valence-electron chi connectivity index (χ1n) is 7.18. The lowest BCUT2D eigenvalue weighted by Crippen LogP contribution is -2.33. The molecule has 2 N–H and O–H groups in total. The fraction of sp³-hybridized carbons (Fsp3) is 0.562. The molecular weight excluding hydrogens is 254 g/mol. The number of methoxy groups -OCH3 is 1. The van der Waals surface area contributed by atoms with E-state index in [1.54, 1.807) is 7.11 Å². The van der Waals surface area contributed by atoms with Gasteiger partial charge in [0.2, 0.25) is 5.91 Å². The Morgan fingerprint density at radius 3 is 2.90 bits per heavy atom. The van der Waals surface area contributed by atoms with Gasteiger partial charge in [0.05, 0.1) is 19.6 Å². The predicted octanol–water partition coefficient (Wildman–Crippen LogP) is 1.82. The average molecular weight is 277 g/mol. The number of aliphatic hydroxyl groups is 1. The molecule has 0 spiro atoms. The summed E-state index contributed by atoms with van der Waals surface area (Å²) >= 11 is 0. The van der Waals surface area contributed by atoms with E-state index in [4.69, 9.17) is 4.74 Å². The number of ether oxygens (including phenoxy) is 1. The van der Waals surface area contributed by atoms with Gasteiger partial charge in [0.15, 0.2) is 0 Å². The number of hydrogen-bond acceptors (Lipinski definition) is 3. The van der Waals surface area contributed by atoms with Gasteiger partial charge in [0.1, 0.15) is 5.75 Å². The van der Waals surface area contributed by atoms with Gasteiger partial charge >= 0.3 is 0 Å². The highest BCUT2D eigenvalue weighted by atomic mass is 16.5. The van der Waals surface area contributed by atoms with Crippen LogP contribution < -0.4 is 10.1 Å². The summed E-state index contributed by atoms with van der Waals surface area (Å²) in [7, 11) is 1.61. The molecule has 2 atom stereocenters. The molecule has 0 bridgehead atoms. The van der Waals surface area contributed by atoms with Crippen LogP contribution in [0, 0.1) is 12.8 Å². The Labute approximate surface area is 120 Å². The number of benzene rings is 1. The van der Waals surface area contributed by atoms with E-state index in [0.717, 1.165) is 36.1 Å². The van der Waals surface area contributed by atoms with Crippen LogP contribution >= 0.6 is 0 Å². The molecule has 110 valence electrons. The van der Waals surface area contributed by atoms with E-state index in [1.165, 1.54) is 0 Å². The fourth-order valence-electron chi connectivity index (χ4n) is 2.78. The zero-order valence-corrected chi connectivity index (χ0v) is 12.2. The molecule has 1 amide bonds. The molecular formula is C16H23NO3. The number of rotatable bonds is 5. The van der Waals surface area contributed by atoms with Crippen LogP contribution in [0.25, 0.3) is 0 Å². The maximum atomic E-state index is 12.0. The molecule has 0 aromatic heterocycles. The number of aliphatic hydroxyl groups excluding tert-OH is 1. The molecule has 20 heavy (non-hydrogen) atoms. The van der Waals surface area contributed by atoms with Crippen LogP contribution in [0.3, 0.4) is 0 Å². The van der Waals surface area contributed by atoms with E-state index in [9.17, 15) is 9.90 Å². The van der Waals surface area contributed by atoms with Gasteiger partial charge in [0, 0.05) is 18.0 Å². The van der Waals surface area contributed by atoms with Gasteiger partial charge in [-0.3, -0.25) is 4.79 Å². The monoisotopic (exact) mass is 277 g/mol. The number of carbonyl (C=O) groups is 1. The Bertz CT molecular complexity index is 473. The highest BCUT2D eigenvalue weighted by Gasteiger charge is 2.25. The second kappa shape index (κ2) is 6.75. The standard InChI is InChI=1S/C16H23NO3/c1-11-6-7-15(20-2)13(8-11)9-16(19)17-10-12-4-3-5-14(12)18/h6-8,12,14,18H,3-5,9-10H2,1-2H3,(H,17,19). The van der Waals surface area contributed by atoms with Crippen LogP contribution in [0.15, 0.2) is 18.2 Å². The van der Waals surface area contributed by atoms with Crippen molar-refractivity contribution in [3.63, 3.8) is 0 Å². The van der Waals surface area contributed by atoms with E-state index in [2.05, 4.69) is 5.32 Å². The molecule has 2 unspecified atom stereocenters. The molecule has 0 heterocycles. The number of hydrogen-bond donors (Lipinski definition) is 2. The predicted molar refractivity (Wildman–Crippen MR) is 77.8 cm³/mol. The molecule has 2 rings (SSSR count). The smallest absolute Gasteiger partial charge is 0.224 e. The topological polar surface area (TPSA) is 58.6 Å². The second-order valence-electron chi connectivity index (χ2n) is 5.55. The zero-order valence-electron chi connectivity index (χ0n) is 12.2. The maximum absolute atomic E-state index is 12.0. The van der Waals surface area contributed by atoms with Crippen molar-refractivity contribution in [3.05, 3.63) is 29.3 Å². The lowest BCUT2D eigenvalue weighted by Gasteiger charge is -2.15. The van der Waals surface area contributed by atoms with Crippen molar-refractivity contribution in [2.24, 2.45) is 5.92 Å². The SMILES string of the molecule is COc1ccc(C)cc1CC(=O)NCC1CCCC1O. The molecule has 4 nitrogen and oxygen atoms in total. The molecule has 1 aliphatic rings. The number of aryl methyl sites for hydroxylation is 1. The van der Waals surface area contributed by atoms with Crippen molar-refractivity contribution >= 4 is 5.91 Å². The fourth-order valence-corrected chi connectivity index (χ4v) is 2.78. The number of carbonyl (C=O) groups excluding carboxylic acids is 1. The first kappa shape index (κ1) is 14.9. The van der Waals surface area contributed by atoms with Gasteiger partial charge in [-0.15, -0.1) is 0 Å². The Hall–Kier alpha value is -1.55. The van der Waals surface area contributed by atoms with Crippen molar-refractivity contribution in [3.8, 4) is 5.75 Å². The summed E-state index contributed by atoms with van der Waals surface area (Å²) in [5.74, 6) is 0.929. The lowest BCUT2D eigenvalue weighted by molar-refractivity contribution is -0.120. The molecule has 0 saturated heterocycles. The summed E-state index contributed by atoms with van der Waals surface area (Å²) in [4.78, 5) is 12.0. The van der Waals surface area contributed by atoms with E-state index < -0.39 is 0 Å². The molecule has 0 aliphatic heterocycles. The minimum Gasteiger partial charge on any atom is -0.496 e. The average Bonchev–Trinajstić information content (AvgIpc) is 2.82. The summed E-state index contributed by atoms with van der Waals surface area (Å²) in [6.07, 6.45) is 2.95. The molecule has 1 aliphatic carbocycles. The largest absolute Gasteiger partial charge is 0.496 e. The van der Waals surface area contributed by atoms with Gasteiger partial charge < -0.3 is 15.2 Å². The first-order chi connectivity index (χ1) is 9.60. The minimum absolute atomic E-state index is 0.0204. The van der Waals surface area contributed by atoms with Crippen molar-refractivity contribution in [1.82, 2.24) is 5.32 Å². The Kier molecular flexibility index (Phi) is 5.01. The summed E-state index contributed by atoms with van der Waals surface area (Å²) in [6, 6.07) is 5.83. The Balaban J connectivity index is 1.89. The summed E-state index contributed by atoms with van der Waals surface area (Å²) in [5.41, 5.74) is 2.01. The van der Waals surface area contributed by atoms with Gasteiger partial charge in [-0.25, -0.2) is 0 Å². The number of nitrogens with one attached hydrogen (secondary N) is 1. The van der Waals surface area contributed by atoms with E-state index >= 15 is 0 Å². The van der Waals surface area contributed by atoms with Gasteiger partial charge in [0.25, 0.3) is 0 Å². The van der Waals surface area contributed by atoms with E-state index in [-0.39, 0.29) is 17.9 Å². The van der Waals surface area contributed by atoms with Crippen molar-refractivity contribution in [2.45, 2.75) is 38.7 Å². The highest BCUT2D eigenvalue weighted by molar-refractivity contribution is 5.79. The molecule has 1 fully saturated rings. The van der Waals surface area contributed by atoms with Crippen LogP contribution in [0.5, 0.6) is 5.75 Å². The van der Waals surface area contributed by atoms with E-state index in [0.29, 0.717) is 13.0 Å². The third-order valence-electron chi connectivity index (χ3n) is 3.97. The van der Waals surface area contributed by atoms with Crippen molar-refractivity contribution < 1.29 is 14.6 Å². The second-order valence-corrected chi connectivity index (χ2v) is 5.55. The lowest BCUT2D eigenvalue weighted by atomic mass is 10.1. The summed E-state index contributed by atoms with van der Waals surface area (Å²) in [5, 5.41) is 12.7. The van der Waals surface area contributed by atoms with Crippen LogP contribution in [-0.4, -0.2) is 30.8 Å². The highest BCUT2D eigenvalue weighted by Crippen LogP contribution is 2.25. The van der Waals surface area contributed by atoms with Gasteiger partial charge in [-0.2, -0.15) is 0 Å². The molecule has 4 heteroatoms. The van der Waals surface area contributed by atoms with Crippen LogP contribution in [0.2, 0.25) is 0 Å². The first-order valence-corrected chi connectivity index (χ1v) is 7.18. The third-order valence-corrected chi connectivity index (χ3v) is 3.97. The summed E-state index contributed by atoms with van der Waals surface area (Å²) in [6.45, 7) is 2.56. The van der Waals surface area contributed by atoms with Crippen LogP contribution in [0.4, 0.5) is 0 Å². The van der Waals surface area contributed by atoms with Gasteiger partial charge in [-0.1, -0.05) is 24.1 Å². The van der Waals surface area contributed by atoms with Crippen LogP contribution in [0.1, 0.15) is 30.4 Å². The zero-order chi connectivity index (χ0) is 14.5. The minimum atomic E-state index is -0.260. The van der Waals surface area contributed by atoms with Crippen molar-refractivity contribution in [2.75, 3.05) is 13.7 Å². The molecule has 1 aromatic rings. The molecule has 0 radical (unpaired) electrons. The Morgan fingerprint density at radius 1 is 1.45 bits per heavy atom. The Morgan fingerprint density at radius 2 is 2.25 bits per heavy atom. The molecule has 1 saturated carbocycles. The summed E-state index contributed by atoms with van der Waals surface area (Å²) < 4.78 is 5.28. The maximum Gasteiger partial charge on any atom is 0.224 e. The quantitative estimate of drug-likeness (QED) is 0.863. The normalized spacial score (nSPS) is 21.8. The third kappa shape index (κ3) is 3.73. The van der Waals surface area contributed by atoms with Crippen molar-refractivity contribution in [1.29, 1.82) is 0 Å². The van der Waals surface area contributed by atoms with Crippen LogP contribution in [-0.2, 0) is 11.2 Å².